The molecular weight excluding hydrogens is 230 g/mol. The monoisotopic (exact) mass is 243 g/mol. The van der Waals surface area contributed by atoms with Gasteiger partial charge in [-0.15, -0.1) is 0 Å². The van der Waals surface area contributed by atoms with E-state index in [1.54, 1.807) is 12.1 Å². The number of hydrogen-bond acceptors (Lipinski definition) is 3. The van der Waals surface area contributed by atoms with Crippen molar-refractivity contribution in [2.75, 3.05) is 5.32 Å². The van der Waals surface area contributed by atoms with Gasteiger partial charge >= 0.3 is 5.97 Å². The van der Waals surface area contributed by atoms with E-state index in [1.165, 1.54) is 6.07 Å². The van der Waals surface area contributed by atoms with E-state index in [4.69, 9.17) is 16.7 Å². The average molecular weight is 244 g/mol. The molecule has 5 heteroatoms. The number of nitrogens with one attached hydrogen (secondary N) is 1. The zero-order valence-corrected chi connectivity index (χ0v) is 9.66. The number of carbonyl (C=O) groups is 1. The van der Waals surface area contributed by atoms with Gasteiger partial charge in [-0.25, -0.2) is 0 Å². The van der Waals surface area contributed by atoms with Crippen molar-refractivity contribution in [3.8, 4) is 5.75 Å². The second-order valence-electron chi connectivity index (χ2n) is 3.64. The van der Waals surface area contributed by atoms with Crippen molar-refractivity contribution in [1.29, 1.82) is 0 Å². The fraction of sp³-hybridized carbons (Fsp3) is 0.364. The quantitative estimate of drug-likeness (QED) is 0.696. The van der Waals surface area contributed by atoms with Crippen molar-refractivity contribution >= 4 is 23.3 Å². The molecule has 4 nitrogen and oxygen atoms in total. The van der Waals surface area contributed by atoms with Crippen molar-refractivity contribution < 1.29 is 15.0 Å². The van der Waals surface area contributed by atoms with Crippen LogP contribution in [0.2, 0.25) is 5.02 Å². The Hall–Kier alpha value is -1.42. The molecule has 1 rings (SSSR count). The molecule has 0 spiro atoms. The number of aromatic hydroxyl groups is 1. The Balaban J connectivity index is 2.52. The molecule has 0 aromatic heterocycles. The zero-order valence-electron chi connectivity index (χ0n) is 8.90. The van der Waals surface area contributed by atoms with Crippen LogP contribution in [-0.2, 0) is 4.79 Å². The summed E-state index contributed by atoms with van der Waals surface area (Å²) in [7, 11) is 0. The summed E-state index contributed by atoms with van der Waals surface area (Å²) >= 11 is 5.74. The van der Waals surface area contributed by atoms with Gasteiger partial charge in [0.25, 0.3) is 0 Å². The van der Waals surface area contributed by atoms with Gasteiger partial charge in [-0.2, -0.15) is 0 Å². The smallest absolute Gasteiger partial charge is 0.303 e. The Bertz CT molecular complexity index is 381. The van der Waals surface area contributed by atoms with Crippen LogP contribution in [0.4, 0.5) is 5.69 Å². The largest absolute Gasteiger partial charge is 0.506 e. The Kier molecular flexibility index (Phi) is 4.43. The first-order chi connectivity index (χ1) is 7.49. The molecule has 0 radical (unpaired) electrons. The summed E-state index contributed by atoms with van der Waals surface area (Å²) in [5, 5.41) is 21.1. The molecule has 88 valence electrons. The van der Waals surface area contributed by atoms with Crippen LogP contribution >= 0.6 is 11.6 Å². The van der Waals surface area contributed by atoms with Gasteiger partial charge in [-0.05, 0) is 31.5 Å². The van der Waals surface area contributed by atoms with E-state index in [0.717, 1.165) is 5.69 Å². The fourth-order valence-electron chi connectivity index (χ4n) is 1.29. The molecule has 3 N–H and O–H groups in total. The van der Waals surface area contributed by atoms with Gasteiger partial charge in [0.2, 0.25) is 0 Å². The van der Waals surface area contributed by atoms with E-state index >= 15 is 0 Å². The van der Waals surface area contributed by atoms with Crippen LogP contribution in [-0.4, -0.2) is 22.2 Å². The highest BCUT2D eigenvalue weighted by molar-refractivity contribution is 6.32. The summed E-state index contributed by atoms with van der Waals surface area (Å²) in [5.74, 6) is -0.775. The van der Waals surface area contributed by atoms with E-state index in [9.17, 15) is 9.90 Å². The van der Waals surface area contributed by atoms with Gasteiger partial charge in [0.05, 0.1) is 5.02 Å². The number of carboxylic acids is 1. The van der Waals surface area contributed by atoms with Crippen molar-refractivity contribution in [3.63, 3.8) is 0 Å². The normalized spacial score (nSPS) is 12.1. The summed E-state index contributed by atoms with van der Waals surface area (Å²) in [6.45, 7) is 1.89. The predicted molar refractivity (Wildman–Crippen MR) is 63.1 cm³/mol. The lowest BCUT2D eigenvalue weighted by molar-refractivity contribution is -0.137. The van der Waals surface area contributed by atoms with Gasteiger partial charge in [0, 0.05) is 18.2 Å². The van der Waals surface area contributed by atoms with Gasteiger partial charge in [0.15, 0.2) is 0 Å². The van der Waals surface area contributed by atoms with Crippen LogP contribution < -0.4 is 5.32 Å². The van der Waals surface area contributed by atoms with E-state index in [-0.39, 0.29) is 23.2 Å². The lowest BCUT2D eigenvalue weighted by Gasteiger charge is -2.14. The van der Waals surface area contributed by atoms with Gasteiger partial charge in [-0.3, -0.25) is 4.79 Å². The molecule has 0 saturated heterocycles. The van der Waals surface area contributed by atoms with Crippen LogP contribution in [0.15, 0.2) is 18.2 Å². The average Bonchev–Trinajstić information content (AvgIpc) is 2.21. The maximum atomic E-state index is 10.4. The number of anilines is 1. The minimum Gasteiger partial charge on any atom is -0.506 e. The number of carboxylic acid groups (broad SMARTS) is 1. The number of hydrogen-bond donors (Lipinski definition) is 3. The maximum Gasteiger partial charge on any atom is 0.303 e. The highest BCUT2D eigenvalue weighted by Crippen LogP contribution is 2.26. The Morgan fingerprint density at radius 2 is 2.25 bits per heavy atom. The van der Waals surface area contributed by atoms with E-state index in [0.29, 0.717) is 6.42 Å². The fourth-order valence-corrected chi connectivity index (χ4v) is 1.47. The SMILES string of the molecule is CC(CCC(=O)O)Nc1ccc(O)c(Cl)c1. The highest BCUT2D eigenvalue weighted by atomic mass is 35.5. The summed E-state index contributed by atoms with van der Waals surface area (Å²) in [6.07, 6.45) is 0.661. The molecule has 16 heavy (non-hydrogen) atoms. The van der Waals surface area contributed by atoms with Gasteiger partial charge < -0.3 is 15.5 Å². The molecule has 0 fully saturated rings. The van der Waals surface area contributed by atoms with Crippen molar-refractivity contribution in [3.05, 3.63) is 23.2 Å². The van der Waals surface area contributed by atoms with E-state index in [1.807, 2.05) is 6.92 Å². The third-order valence-electron chi connectivity index (χ3n) is 2.15. The summed E-state index contributed by atoms with van der Waals surface area (Å²) in [6, 6.07) is 4.83. The third-order valence-corrected chi connectivity index (χ3v) is 2.45. The predicted octanol–water partition coefficient (Wildman–Crippen LogP) is 2.71. The third kappa shape index (κ3) is 3.98. The summed E-state index contributed by atoms with van der Waals surface area (Å²) in [5.41, 5.74) is 0.765. The molecule has 1 atom stereocenters. The first-order valence-corrected chi connectivity index (χ1v) is 5.33. The van der Waals surface area contributed by atoms with E-state index in [2.05, 4.69) is 5.32 Å². The number of phenols is 1. The number of halogens is 1. The second kappa shape index (κ2) is 5.61. The molecule has 0 aliphatic carbocycles. The van der Waals surface area contributed by atoms with Crippen LogP contribution in [0.3, 0.4) is 0 Å². The molecule has 1 unspecified atom stereocenters. The van der Waals surface area contributed by atoms with E-state index < -0.39 is 5.97 Å². The lowest BCUT2D eigenvalue weighted by Crippen LogP contribution is -2.16. The van der Waals surface area contributed by atoms with Gasteiger partial charge in [-0.1, -0.05) is 11.6 Å². The molecule has 0 amide bonds. The Morgan fingerprint density at radius 1 is 1.56 bits per heavy atom. The van der Waals surface area contributed by atoms with Crippen molar-refractivity contribution in [2.24, 2.45) is 0 Å². The standard InChI is InChI=1S/C11H14ClNO3/c1-7(2-5-11(15)16)13-8-3-4-10(14)9(12)6-8/h3-4,6-7,13-14H,2,5H2,1H3,(H,15,16). The first-order valence-electron chi connectivity index (χ1n) is 4.96. The summed E-state index contributed by atoms with van der Waals surface area (Å²) < 4.78 is 0. The second-order valence-corrected chi connectivity index (χ2v) is 4.05. The number of aliphatic carboxylic acids is 1. The summed E-state index contributed by atoms with van der Waals surface area (Å²) in [4.78, 5) is 10.4. The highest BCUT2D eigenvalue weighted by Gasteiger charge is 2.06. The lowest BCUT2D eigenvalue weighted by atomic mass is 10.1. The molecule has 1 aromatic rings. The molecule has 1 aromatic carbocycles. The molecule has 0 aliphatic heterocycles. The molecule has 0 aliphatic rings. The zero-order chi connectivity index (χ0) is 12.1. The van der Waals surface area contributed by atoms with Crippen LogP contribution in [0.25, 0.3) is 0 Å². The van der Waals surface area contributed by atoms with Crippen LogP contribution in [0, 0.1) is 0 Å². The van der Waals surface area contributed by atoms with Crippen LogP contribution in [0.1, 0.15) is 19.8 Å². The number of benzene rings is 1. The topological polar surface area (TPSA) is 69.6 Å². The molecular formula is C11H14ClNO3. The number of phenolic OH excluding ortho intramolecular Hbond substituents is 1. The van der Waals surface area contributed by atoms with Crippen molar-refractivity contribution in [2.45, 2.75) is 25.8 Å². The molecule has 0 saturated carbocycles. The van der Waals surface area contributed by atoms with Gasteiger partial charge in [0.1, 0.15) is 5.75 Å². The Morgan fingerprint density at radius 3 is 2.81 bits per heavy atom. The van der Waals surface area contributed by atoms with Crippen LogP contribution in [0.5, 0.6) is 5.75 Å². The number of rotatable bonds is 5. The molecule has 0 heterocycles. The minimum atomic E-state index is -0.808. The molecule has 0 bridgehead atoms. The van der Waals surface area contributed by atoms with Crippen molar-refractivity contribution in [1.82, 2.24) is 0 Å². The Labute approximate surface area is 98.9 Å². The first kappa shape index (κ1) is 12.6. The maximum absolute atomic E-state index is 10.4. The minimum absolute atomic E-state index is 0.0328.